The lowest BCUT2D eigenvalue weighted by Crippen LogP contribution is -2.19. The molecule has 0 radical (unpaired) electrons. The van der Waals surface area contributed by atoms with Crippen LogP contribution in [-0.4, -0.2) is 12.5 Å². The van der Waals surface area contributed by atoms with E-state index in [0.29, 0.717) is 5.75 Å². The Labute approximate surface area is 154 Å². The Hall–Kier alpha value is -1.51. The van der Waals surface area contributed by atoms with Gasteiger partial charge in [-0.3, -0.25) is 4.79 Å². The average molecular weight is 348 g/mol. The first-order valence-electron chi connectivity index (χ1n) is 10.1. The van der Waals surface area contributed by atoms with Gasteiger partial charge in [0.05, 0.1) is 0 Å². The SMILES string of the molecule is CC(C)CCCCCCCCCCCc1ccc(OCC(N)=O)cc1. The minimum atomic E-state index is -0.445. The van der Waals surface area contributed by atoms with Gasteiger partial charge in [-0.2, -0.15) is 0 Å². The Morgan fingerprint density at radius 1 is 0.880 bits per heavy atom. The van der Waals surface area contributed by atoms with Gasteiger partial charge in [-0.15, -0.1) is 0 Å². The van der Waals surface area contributed by atoms with Crippen molar-refractivity contribution in [3.05, 3.63) is 29.8 Å². The molecule has 1 aromatic carbocycles. The van der Waals surface area contributed by atoms with E-state index in [2.05, 4.69) is 26.0 Å². The number of ether oxygens (including phenoxy) is 1. The molecule has 1 rings (SSSR count). The molecule has 0 spiro atoms. The zero-order chi connectivity index (χ0) is 18.3. The molecule has 0 bridgehead atoms. The van der Waals surface area contributed by atoms with E-state index in [4.69, 9.17) is 10.5 Å². The fourth-order valence-corrected chi connectivity index (χ4v) is 3.03. The second-order valence-corrected chi connectivity index (χ2v) is 7.51. The van der Waals surface area contributed by atoms with Gasteiger partial charge in [0.1, 0.15) is 5.75 Å². The Bertz CT molecular complexity index is 454. The smallest absolute Gasteiger partial charge is 0.255 e. The van der Waals surface area contributed by atoms with Crippen molar-refractivity contribution in [3.8, 4) is 5.75 Å². The molecule has 0 fully saturated rings. The van der Waals surface area contributed by atoms with Crippen LogP contribution in [0.2, 0.25) is 0 Å². The van der Waals surface area contributed by atoms with Gasteiger partial charge in [0.2, 0.25) is 0 Å². The Morgan fingerprint density at radius 2 is 1.40 bits per heavy atom. The molecule has 3 heteroatoms. The number of carbonyl (C=O) groups excluding carboxylic acids is 1. The van der Waals surface area contributed by atoms with Gasteiger partial charge in [0.15, 0.2) is 6.61 Å². The maximum atomic E-state index is 10.7. The summed E-state index contributed by atoms with van der Waals surface area (Å²) in [4.78, 5) is 10.7. The molecule has 1 aromatic rings. The maximum Gasteiger partial charge on any atom is 0.255 e. The van der Waals surface area contributed by atoms with E-state index in [1.165, 1.54) is 69.8 Å². The summed E-state index contributed by atoms with van der Waals surface area (Å²) in [5.41, 5.74) is 6.39. The molecule has 25 heavy (non-hydrogen) atoms. The van der Waals surface area contributed by atoms with Crippen LogP contribution in [0.3, 0.4) is 0 Å². The van der Waals surface area contributed by atoms with E-state index in [-0.39, 0.29) is 6.61 Å². The van der Waals surface area contributed by atoms with Gasteiger partial charge in [0.25, 0.3) is 5.91 Å². The molecule has 0 saturated carbocycles. The first kappa shape index (κ1) is 21.5. The summed E-state index contributed by atoms with van der Waals surface area (Å²) in [6.07, 6.45) is 14.8. The minimum Gasteiger partial charge on any atom is -0.484 e. The second-order valence-electron chi connectivity index (χ2n) is 7.51. The largest absolute Gasteiger partial charge is 0.484 e. The number of aryl methyl sites for hydroxylation is 1. The third kappa shape index (κ3) is 12.5. The summed E-state index contributed by atoms with van der Waals surface area (Å²) in [6, 6.07) is 7.98. The van der Waals surface area contributed by atoms with Crippen LogP contribution in [0.25, 0.3) is 0 Å². The molecule has 3 nitrogen and oxygen atoms in total. The number of nitrogens with two attached hydrogens (primary N) is 1. The molecular formula is C22H37NO2. The lowest BCUT2D eigenvalue weighted by molar-refractivity contribution is -0.119. The molecule has 0 aliphatic heterocycles. The van der Waals surface area contributed by atoms with Gasteiger partial charge < -0.3 is 10.5 Å². The van der Waals surface area contributed by atoms with E-state index in [1.54, 1.807) is 0 Å². The van der Waals surface area contributed by atoms with E-state index in [9.17, 15) is 4.79 Å². The number of rotatable bonds is 15. The summed E-state index contributed by atoms with van der Waals surface area (Å²) in [5.74, 6) is 1.12. The summed E-state index contributed by atoms with van der Waals surface area (Å²) >= 11 is 0. The Morgan fingerprint density at radius 3 is 1.92 bits per heavy atom. The normalized spacial score (nSPS) is 11.0. The molecule has 142 valence electrons. The highest BCUT2D eigenvalue weighted by Crippen LogP contribution is 2.16. The Balaban J connectivity index is 1.95. The van der Waals surface area contributed by atoms with Crippen LogP contribution in [-0.2, 0) is 11.2 Å². The van der Waals surface area contributed by atoms with Crippen LogP contribution in [0.4, 0.5) is 0 Å². The molecule has 0 saturated heterocycles. The van der Waals surface area contributed by atoms with Crippen molar-refractivity contribution in [1.29, 1.82) is 0 Å². The molecule has 0 aliphatic carbocycles. The monoisotopic (exact) mass is 347 g/mol. The van der Waals surface area contributed by atoms with Gasteiger partial charge in [-0.25, -0.2) is 0 Å². The number of primary amides is 1. The standard InChI is InChI=1S/C22H37NO2/c1-19(2)12-10-8-6-4-3-5-7-9-11-13-20-14-16-21(17-15-20)25-18-22(23)24/h14-17,19H,3-13,18H2,1-2H3,(H2,23,24). The van der Waals surface area contributed by atoms with Crippen molar-refractivity contribution >= 4 is 5.91 Å². The highest BCUT2D eigenvalue weighted by molar-refractivity contribution is 5.75. The van der Waals surface area contributed by atoms with Crippen LogP contribution in [0, 0.1) is 5.92 Å². The highest BCUT2D eigenvalue weighted by atomic mass is 16.5. The molecule has 0 heterocycles. The number of amides is 1. The van der Waals surface area contributed by atoms with E-state index >= 15 is 0 Å². The van der Waals surface area contributed by atoms with Gasteiger partial charge in [0, 0.05) is 0 Å². The summed E-state index contributed by atoms with van der Waals surface area (Å²) in [7, 11) is 0. The highest BCUT2D eigenvalue weighted by Gasteiger charge is 1.99. The molecule has 0 atom stereocenters. The van der Waals surface area contributed by atoms with E-state index in [1.807, 2.05) is 12.1 Å². The predicted octanol–water partition coefficient (Wildman–Crippen LogP) is 5.65. The quantitative estimate of drug-likeness (QED) is 0.417. The van der Waals surface area contributed by atoms with E-state index < -0.39 is 5.91 Å². The predicted molar refractivity (Wildman–Crippen MR) is 106 cm³/mol. The number of unbranched alkanes of at least 4 members (excludes halogenated alkanes) is 8. The van der Waals surface area contributed by atoms with Crippen LogP contribution < -0.4 is 10.5 Å². The van der Waals surface area contributed by atoms with E-state index in [0.717, 1.165) is 12.3 Å². The molecule has 0 aliphatic rings. The summed E-state index contributed by atoms with van der Waals surface area (Å²) < 4.78 is 5.26. The lowest BCUT2D eigenvalue weighted by atomic mass is 10.0. The van der Waals surface area contributed by atoms with Crippen molar-refractivity contribution in [1.82, 2.24) is 0 Å². The zero-order valence-electron chi connectivity index (χ0n) is 16.3. The minimum absolute atomic E-state index is 0.0585. The molecule has 1 amide bonds. The van der Waals surface area contributed by atoms with Gasteiger partial charge in [-0.05, 0) is 36.5 Å². The topological polar surface area (TPSA) is 52.3 Å². The van der Waals surface area contributed by atoms with Crippen LogP contribution in [0.5, 0.6) is 5.75 Å². The third-order valence-electron chi connectivity index (χ3n) is 4.55. The summed E-state index contributed by atoms with van der Waals surface area (Å²) in [5, 5.41) is 0. The first-order valence-corrected chi connectivity index (χ1v) is 10.1. The van der Waals surface area contributed by atoms with Crippen molar-refractivity contribution in [2.24, 2.45) is 11.7 Å². The molecule has 0 unspecified atom stereocenters. The second kappa shape index (κ2) is 13.7. The maximum absolute atomic E-state index is 10.7. The van der Waals surface area contributed by atoms with Crippen molar-refractivity contribution < 1.29 is 9.53 Å². The van der Waals surface area contributed by atoms with Crippen LogP contribution in [0.1, 0.15) is 83.6 Å². The molecular weight excluding hydrogens is 310 g/mol. The van der Waals surface area contributed by atoms with Gasteiger partial charge in [-0.1, -0.05) is 83.8 Å². The zero-order valence-corrected chi connectivity index (χ0v) is 16.3. The van der Waals surface area contributed by atoms with Crippen molar-refractivity contribution in [3.63, 3.8) is 0 Å². The van der Waals surface area contributed by atoms with Crippen molar-refractivity contribution in [2.45, 2.75) is 84.5 Å². The Kier molecular flexibility index (Phi) is 11.8. The van der Waals surface area contributed by atoms with Crippen molar-refractivity contribution in [2.75, 3.05) is 6.61 Å². The van der Waals surface area contributed by atoms with Gasteiger partial charge >= 0.3 is 0 Å². The van der Waals surface area contributed by atoms with Crippen LogP contribution in [0.15, 0.2) is 24.3 Å². The summed E-state index contributed by atoms with van der Waals surface area (Å²) in [6.45, 7) is 4.56. The van der Waals surface area contributed by atoms with Crippen LogP contribution >= 0.6 is 0 Å². The third-order valence-corrected chi connectivity index (χ3v) is 4.55. The number of hydrogen-bond donors (Lipinski definition) is 1. The first-order chi connectivity index (χ1) is 12.1. The number of carbonyl (C=O) groups is 1. The fraction of sp³-hybridized carbons (Fsp3) is 0.682. The number of benzene rings is 1. The average Bonchev–Trinajstić information content (AvgIpc) is 2.58. The fourth-order valence-electron chi connectivity index (χ4n) is 3.03. The number of hydrogen-bond acceptors (Lipinski definition) is 2. The lowest BCUT2D eigenvalue weighted by Gasteiger charge is -2.06. The molecule has 0 aromatic heterocycles. The molecule has 2 N–H and O–H groups in total.